The number of rotatable bonds is 1. The van der Waals surface area contributed by atoms with E-state index in [1.807, 2.05) is 0 Å². The normalized spacial score (nSPS) is 15.7. The number of nitrogens with one attached hydrogen (secondary N) is 1. The molecule has 0 bridgehead atoms. The van der Waals surface area contributed by atoms with Crippen molar-refractivity contribution in [1.82, 2.24) is 5.32 Å². The van der Waals surface area contributed by atoms with E-state index in [4.69, 9.17) is 0 Å². The minimum absolute atomic E-state index is 0.128. The Morgan fingerprint density at radius 3 is 2.87 bits per heavy atom. The number of carbonyl (C=O) groups excluding carboxylic acids is 1. The summed E-state index contributed by atoms with van der Waals surface area (Å²) in [6, 6.07) is 2.93. The third-order valence-corrected chi connectivity index (χ3v) is 2.99. The molecule has 0 aliphatic carbocycles. The van der Waals surface area contributed by atoms with Crippen LogP contribution in [0.25, 0.3) is 0 Å². The second kappa shape index (κ2) is 3.81. The summed E-state index contributed by atoms with van der Waals surface area (Å²) in [7, 11) is 0. The lowest BCUT2D eigenvalue weighted by molar-refractivity contribution is 0.252. The van der Waals surface area contributed by atoms with Gasteiger partial charge in [0, 0.05) is 18.8 Å². The van der Waals surface area contributed by atoms with Gasteiger partial charge in [0.2, 0.25) is 0 Å². The largest absolute Gasteiger partial charge is 0.336 e. The molecule has 0 unspecified atom stereocenters. The molecular formula is C10H10BrFN2O. The number of aryl methyl sites for hydroxylation is 1. The number of amides is 2. The monoisotopic (exact) mass is 272 g/mol. The fraction of sp³-hybridized carbons (Fsp3) is 0.300. The Labute approximate surface area is 95.4 Å². The quantitative estimate of drug-likeness (QED) is 0.837. The molecule has 15 heavy (non-hydrogen) atoms. The Balaban J connectivity index is 2.43. The van der Waals surface area contributed by atoms with Gasteiger partial charge in [-0.15, -0.1) is 0 Å². The average Bonchev–Trinajstić information content (AvgIpc) is 2.58. The molecule has 0 saturated carbocycles. The van der Waals surface area contributed by atoms with Gasteiger partial charge in [-0.25, -0.2) is 9.18 Å². The first-order chi connectivity index (χ1) is 7.09. The van der Waals surface area contributed by atoms with Gasteiger partial charge in [-0.1, -0.05) is 0 Å². The van der Waals surface area contributed by atoms with Crippen LogP contribution in [0.15, 0.2) is 16.6 Å². The maximum atomic E-state index is 13.2. The third-order valence-electron chi connectivity index (χ3n) is 2.39. The van der Waals surface area contributed by atoms with Crippen LogP contribution in [0.5, 0.6) is 0 Å². The Bertz CT molecular complexity index is 422. The van der Waals surface area contributed by atoms with E-state index in [9.17, 15) is 9.18 Å². The average molecular weight is 273 g/mol. The van der Waals surface area contributed by atoms with Crippen LogP contribution in [0, 0.1) is 12.7 Å². The lowest BCUT2D eigenvalue weighted by Crippen LogP contribution is -2.28. The highest BCUT2D eigenvalue weighted by molar-refractivity contribution is 9.10. The fourth-order valence-electron chi connectivity index (χ4n) is 1.63. The van der Waals surface area contributed by atoms with Gasteiger partial charge in [0.25, 0.3) is 0 Å². The highest BCUT2D eigenvalue weighted by Gasteiger charge is 2.23. The molecule has 1 fully saturated rings. The predicted molar refractivity (Wildman–Crippen MR) is 59.6 cm³/mol. The van der Waals surface area contributed by atoms with E-state index >= 15 is 0 Å². The summed E-state index contributed by atoms with van der Waals surface area (Å²) in [5, 5.41) is 2.71. The zero-order valence-electron chi connectivity index (χ0n) is 8.18. The van der Waals surface area contributed by atoms with Crippen LogP contribution in [0.3, 0.4) is 0 Å². The number of carbonyl (C=O) groups is 1. The summed E-state index contributed by atoms with van der Waals surface area (Å²) >= 11 is 3.11. The highest BCUT2D eigenvalue weighted by atomic mass is 79.9. The van der Waals surface area contributed by atoms with Crippen molar-refractivity contribution in [3.8, 4) is 0 Å². The van der Waals surface area contributed by atoms with Crippen LogP contribution in [0.2, 0.25) is 0 Å². The van der Waals surface area contributed by atoms with Gasteiger partial charge in [0.1, 0.15) is 5.82 Å². The maximum absolute atomic E-state index is 13.2. The topological polar surface area (TPSA) is 32.3 Å². The Hall–Kier alpha value is -1.10. The summed E-state index contributed by atoms with van der Waals surface area (Å²) in [5.74, 6) is -0.309. The highest BCUT2D eigenvalue weighted by Crippen LogP contribution is 2.28. The van der Waals surface area contributed by atoms with E-state index in [2.05, 4.69) is 21.2 Å². The van der Waals surface area contributed by atoms with Crippen molar-refractivity contribution in [3.63, 3.8) is 0 Å². The van der Waals surface area contributed by atoms with Gasteiger partial charge < -0.3 is 5.32 Å². The summed E-state index contributed by atoms with van der Waals surface area (Å²) in [6.07, 6.45) is 0. The van der Waals surface area contributed by atoms with Gasteiger partial charge in [-0.2, -0.15) is 0 Å². The summed E-state index contributed by atoms with van der Waals surface area (Å²) < 4.78 is 13.6. The molecule has 0 aromatic heterocycles. The summed E-state index contributed by atoms with van der Waals surface area (Å²) in [4.78, 5) is 13.0. The molecule has 1 aliphatic heterocycles. The molecule has 1 aliphatic rings. The molecule has 80 valence electrons. The van der Waals surface area contributed by atoms with E-state index in [0.717, 1.165) is 11.3 Å². The molecule has 5 heteroatoms. The molecule has 0 radical (unpaired) electrons. The van der Waals surface area contributed by atoms with Crippen LogP contribution in [-0.4, -0.2) is 19.1 Å². The summed E-state index contributed by atoms with van der Waals surface area (Å²) in [6.45, 7) is 3.04. The minimum atomic E-state index is -0.309. The van der Waals surface area contributed by atoms with Crippen molar-refractivity contribution in [2.75, 3.05) is 18.0 Å². The zero-order chi connectivity index (χ0) is 11.0. The molecule has 1 heterocycles. The van der Waals surface area contributed by atoms with Crippen molar-refractivity contribution in [3.05, 3.63) is 28.0 Å². The summed E-state index contributed by atoms with van der Waals surface area (Å²) in [5.41, 5.74) is 1.51. The van der Waals surface area contributed by atoms with Crippen LogP contribution in [0.1, 0.15) is 5.56 Å². The maximum Gasteiger partial charge on any atom is 0.322 e. The first-order valence-corrected chi connectivity index (χ1v) is 5.40. The standard InChI is InChI=1S/C10H10BrFN2O/c1-6-4-8(12)7(11)5-9(6)14-3-2-13-10(14)15/h4-5H,2-3H2,1H3,(H,13,15). The van der Waals surface area contributed by atoms with E-state index in [0.29, 0.717) is 17.6 Å². The van der Waals surface area contributed by atoms with E-state index < -0.39 is 0 Å². The number of anilines is 1. The smallest absolute Gasteiger partial charge is 0.322 e. The molecule has 0 atom stereocenters. The number of hydrogen-bond donors (Lipinski definition) is 1. The molecule has 3 nitrogen and oxygen atoms in total. The van der Waals surface area contributed by atoms with Crippen molar-refractivity contribution >= 4 is 27.6 Å². The van der Waals surface area contributed by atoms with Gasteiger partial charge in [0.05, 0.1) is 4.47 Å². The van der Waals surface area contributed by atoms with E-state index in [1.165, 1.54) is 6.07 Å². The van der Waals surface area contributed by atoms with E-state index in [1.54, 1.807) is 17.9 Å². The van der Waals surface area contributed by atoms with Crippen molar-refractivity contribution in [2.45, 2.75) is 6.92 Å². The van der Waals surface area contributed by atoms with Crippen molar-refractivity contribution < 1.29 is 9.18 Å². The number of urea groups is 1. The van der Waals surface area contributed by atoms with Crippen LogP contribution in [0.4, 0.5) is 14.9 Å². The number of benzene rings is 1. The SMILES string of the molecule is Cc1cc(F)c(Br)cc1N1CCNC1=O. The molecule has 2 amide bonds. The lowest BCUT2D eigenvalue weighted by atomic mass is 10.2. The molecule has 1 aromatic rings. The molecular weight excluding hydrogens is 263 g/mol. The van der Waals surface area contributed by atoms with Gasteiger partial charge in [-0.05, 0) is 40.5 Å². The lowest BCUT2D eigenvalue weighted by Gasteiger charge is -2.17. The number of hydrogen-bond acceptors (Lipinski definition) is 1. The van der Waals surface area contributed by atoms with Gasteiger partial charge >= 0.3 is 6.03 Å². The molecule has 2 rings (SSSR count). The van der Waals surface area contributed by atoms with Crippen molar-refractivity contribution in [2.24, 2.45) is 0 Å². The Kier molecular flexibility index (Phi) is 2.65. The first kappa shape index (κ1) is 10.4. The number of nitrogens with zero attached hydrogens (tertiary/aromatic N) is 1. The second-order valence-electron chi connectivity index (χ2n) is 3.44. The zero-order valence-corrected chi connectivity index (χ0v) is 9.77. The van der Waals surface area contributed by atoms with Gasteiger partial charge in [0.15, 0.2) is 0 Å². The van der Waals surface area contributed by atoms with Crippen LogP contribution < -0.4 is 10.2 Å². The van der Waals surface area contributed by atoms with Crippen LogP contribution in [-0.2, 0) is 0 Å². The molecule has 1 N–H and O–H groups in total. The van der Waals surface area contributed by atoms with Gasteiger partial charge in [-0.3, -0.25) is 4.90 Å². The minimum Gasteiger partial charge on any atom is -0.336 e. The van der Waals surface area contributed by atoms with E-state index in [-0.39, 0.29) is 11.8 Å². The fourth-order valence-corrected chi connectivity index (χ4v) is 1.96. The molecule has 0 spiro atoms. The second-order valence-corrected chi connectivity index (χ2v) is 4.29. The molecule has 1 saturated heterocycles. The Morgan fingerprint density at radius 1 is 1.53 bits per heavy atom. The molecule has 1 aromatic carbocycles. The Morgan fingerprint density at radius 2 is 2.27 bits per heavy atom. The third kappa shape index (κ3) is 1.84. The van der Waals surface area contributed by atoms with Crippen molar-refractivity contribution in [1.29, 1.82) is 0 Å². The first-order valence-electron chi connectivity index (χ1n) is 4.60. The predicted octanol–water partition coefficient (Wildman–Crippen LogP) is 2.43. The number of halogens is 2. The van der Waals surface area contributed by atoms with Crippen LogP contribution >= 0.6 is 15.9 Å².